The molecule has 0 aromatic carbocycles. The summed E-state index contributed by atoms with van der Waals surface area (Å²) in [6, 6.07) is 1.89. The highest BCUT2D eigenvalue weighted by atomic mass is 16.3. The van der Waals surface area contributed by atoms with E-state index in [0.717, 1.165) is 37.2 Å². The number of aromatic nitrogens is 2. The zero-order valence-electron chi connectivity index (χ0n) is 12.3. The molecule has 1 aromatic heterocycles. The molecule has 0 saturated heterocycles. The van der Waals surface area contributed by atoms with Gasteiger partial charge in [-0.25, -0.2) is 4.79 Å². The Morgan fingerprint density at radius 1 is 1.45 bits per heavy atom. The lowest BCUT2D eigenvalue weighted by atomic mass is 10.1. The van der Waals surface area contributed by atoms with Gasteiger partial charge in [0.15, 0.2) is 0 Å². The van der Waals surface area contributed by atoms with Crippen LogP contribution in [0.3, 0.4) is 0 Å². The first kappa shape index (κ1) is 14.8. The van der Waals surface area contributed by atoms with Crippen molar-refractivity contribution >= 4 is 6.03 Å². The number of carbonyl (C=O) groups is 1. The summed E-state index contributed by atoms with van der Waals surface area (Å²) in [7, 11) is 0. The molecule has 20 heavy (non-hydrogen) atoms. The fourth-order valence-corrected chi connectivity index (χ4v) is 2.23. The van der Waals surface area contributed by atoms with Crippen LogP contribution >= 0.6 is 0 Å². The molecule has 1 aliphatic carbocycles. The van der Waals surface area contributed by atoms with Crippen molar-refractivity contribution in [3.05, 3.63) is 17.5 Å². The van der Waals surface area contributed by atoms with Gasteiger partial charge in [-0.05, 0) is 39.2 Å². The number of nitrogens with zero attached hydrogens (tertiary/aromatic N) is 2. The number of amides is 2. The van der Waals surface area contributed by atoms with Gasteiger partial charge in [-0.15, -0.1) is 0 Å². The van der Waals surface area contributed by atoms with Crippen LogP contribution < -0.4 is 10.6 Å². The van der Waals surface area contributed by atoms with Gasteiger partial charge in [0.2, 0.25) is 0 Å². The third kappa shape index (κ3) is 3.96. The Morgan fingerprint density at radius 3 is 2.75 bits per heavy atom. The minimum atomic E-state index is -0.155. The summed E-state index contributed by atoms with van der Waals surface area (Å²) in [4.78, 5) is 11.6. The molecule has 1 heterocycles. The Morgan fingerprint density at radius 2 is 2.20 bits per heavy atom. The third-order valence-electron chi connectivity index (χ3n) is 3.85. The van der Waals surface area contributed by atoms with E-state index in [0.29, 0.717) is 13.1 Å². The SMILES string of the molecule is Cc1cc(C)n(CCCNC(=O)NCC2(CO)CC2)n1. The highest BCUT2D eigenvalue weighted by Gasteiger charge is 2.41. The van der Waals surface area contributed by atoms with Crippen LogP contribution in [-0.4, -0.2) is 40.6 Å². The van der Waals surface area contributed by atoms with Crippen LogP contribution in [0, 0.1) is 19.3 Å². The first-order valence-electron chi connectivity index (χ1n) is 7.18. The van der Waals surface area contributed by atoms with Gasteiger partial charge in [0.1, 0.15) is 0 Å². The smallest absolute Gasteiger partial charge is 0.314 e. The summed E-state index contributed by atoms with van der Waals surface area (Å²) in [5.74, 6) is 0. The van der Waals surface area contributed by atoms with E-state index in [2.05, 4.69) is 15.7 Å². The number of rotatable bonds is 7. The summed E-state index contributed by atoms with van der Waals surface area (Å²) in [6.45, 7) is 6.16. The molecule has 6 nitrogen and oxygen atoms in total. The average Bonchev–Trinajstić information content (AvgIpc) is 3.13. The first-order chi connectivity index (χ1) is 9.54. The molecule has 2 rings (SSSR count). The van der Waals surface area contributed by atoms with Gasteiger partial charge in [-0.3, -0.25) is 4.68 Å². The lowest BCUT2D eigenvalue weighted by Crippen LogP contribution is -2.40. The number of aryl methyl sites for hydroxylation is 3. The second-order valence-corrected chi connectivity index (χ2v) is 5.77. The largest absolute Gasteiger partial charge is 0.396 e. The molecular formula is C14H24N4O2. The molecule has 0 spiro atoms. The maximum Gasteiger partial charge on any atom is 0.314 e. The standard InChI is InChI=1S/C14H24N4O2/c1-11-8-12(2)18(17-11)7-3-6-15-13(20)16-9-14(10-19)4-5-14/h8,19H,3-7,9-10H2,1-2H3,(H2,15,16,20). The predicted molar refractivity (Wildman–Crippen MR) is 76.5 cm³/mol. The third-order valence-corrected chi connectivity index (χ3v) is 3.85. The molecule has 6 heteroatoms. The van der Waals surface area contributed by atoms with Crippen LogP contribution in [0.25, 0.3) is 0 Å². The summed E-state index contributed by atoms with van der Waals surface area (Å²) in [5, 5.41) is 19.2. The van der Waals surface area contributed by atoms with Gasteiger partial charge in [0.05, 0.1) is 12.3 Å². The molecule has 1 saturated carbocycles. The van der Waals surface area contributed by atoms with Gasteiger partial charge in [-0.2, -0.15) is 5.10 Å². The van der Waals surface area contributed by atoms with Gasteiger partial charge < -0.3 is 15.7 Å². The quantitative estimate of drug-likeness (QED) is 0.651. The van der Waals surface area contributed by atoms with E-state index in [1.807, 2.05) is 24.6 Å². The minimum Gasteiger partial charge on any atom is -0.396 e. The van der Waals surface area contributed by atoms with Gasteiger partial charge >= 0.3 is 6.03 Å². The second kappa shape index (κ2) is 6.26. The molecule has 2 amide bonds. The predicted octanol–water partition coefficient (Wildman–Crippen LogP) is 0.962. The van der Waals surface area contributed by atoms with Crippen LogP contribution in [0.2, 0.25) is 0 Å². The number of carbonyl (C=O) groups excluding carboxylic acids is 1. The maximum absolute atomic E-state index is 11.6. The minimum absolute atomic E-state index is 0.0406. The van der Waals surface area contributed by atoms with E-state index in [4.69, 9.17) is 5.11 Å². The van der Waals surface area contributed by atoms with E-state index in [1.54, 1.807) is 0 Å². The Hall–Kier alpha value is -1.56. The highest BCUT2D eigenvalue weighted by molar-refractivity contribution is 5.73. The molecule has 0 aliphatic heterocycles. The van der Waals surface area contributed by atoms with Crippen molar-refractivity contribution in [3.8, 4) is 0 Å². The topological polar surface area (TPSA) is 79.2 Å². The number of aliphatic hydroxyl groups is 1. The van der Waals surface area contributed by atoms with Crippen LogP contribution in [0.15, 0.2) is 6.07 Å². The lowest BCUT2D eigenvalue weighted by molar-refractivity contribution is 0.203. The highest BCUT2D eigenvalue weighted by Crippen LogP contribution is 2.44. The zero-order valence-corrected chi connectivity index (χ0v) is 12.3. The number of hydrogen-bond donors (Lipinski definition) is 3. The molecule has 3 N–H and O–H groups in total. The van der Waals surface area contributed by atoms with Crippen LogP contribution in [0.5, 0.6) is 0 Å². The monoisotopic (exact) mass is 280 g/mol. The average molecular weight is 280 g/mol. The lowest BCUT2D eigenvalue weighted by Gasteiger charge is -2.13. The second-order valence-electron chi connectivity index (χ2n) is 5.77. The summed E-state index contributed by atoms with van der Waals surface area (Å²) in [5.41, 5.74) is 2.12. The van der Waals surface area contributed by atoms with Crippen molar-refractivity contribution in [1.82, 2.24) is 20.4 Å². The van der Waals surface area contributed by atoms with Crippen molar-refractivity contribution in [2.75, 3.05) is 19.7 Å². The number of aliphatic hydroxyl groups excluding tert-OH is 1. The van der Waals surface area contributed by atoms with E-state index < -0.39 is 0 Å². The van der Waals surface area contributed by atoms with Crippen molar-refractivity contribution < 1.29 is 9.90 Å². The van der Waals surface area contributed by atoms with Gasteiger partial charge in [0.25, 0.3) is 0 Å². The fraction of sp³-hybridized carbons (Fsp3) is 0.714. The summed E-state index contributed by atoms with van der Waals surface area (Å²) in [6.07, 6.45) is 2.85. The fourth-order valence-electron chi connectivity index (χ4n) is 2.23. The Labute approximate surface area is 119 Å². The molecule has 112 valence electrons. The van der Waals surface area contributed by atoms with Crippen molar-refractivity contribution in [3.63, 3.8) is 0 Å². The molecular weight excluding hydrogens is 256 g/mol. The molecule has 0 atom stereocenters. The van der Waals surface area contributed by atoms with Crippen LogP contribution in [0.4, 0.5) is 4.79 Å². The van der Waals surface area contributed by atoms with E-state index in [-0.39, 0.29) is 18.1 Å². The molecule has 1 fully saturated rings. The molecule has 0 unspecified atom stereocenters. The molecule has 1 aliphatic rings. The molecule has 0 bridgehead atoms. The van der Waals surface area contributed by atoms with Gasteiger partial charge in [0, 0.05) is 30.7 Å². The molecule has 1 aromatic rings. The van der Waals surface area contributed by atoms with Crippen molar-refractivity contribution in [2.45, 2.75) is 39.7 Å². The van der Waals surface area contributed by atoms with E-state index >= 15 is 0 Å². The Bertz CT molecular complexity index is 466. The van der Waals surface area contributed by atoms with Crippen LogP contribution in [0.1, 0.15) is 30.7 Å². The van der Waals surface area contributed by atoms with Crippen molar-refractivity contribution in [1.29, 1.82) is 0 Å². The number of urea groups is 1. The maximum atomic E-state index is 11.6. The zero-order chi connectivity index (χ0) is 14.6. The van der Waals surface area contributed by atoms with Crippen LogP contribution in [-0.2, 0) is 6.54 Å². The van der Waals surface area contributed by atoms with Crippen molar-refractivity contribution in [2.24, 2.45) is 5.41 Å². The summed E-state index contributed by atoms with van der Waals surface area (Å²) < 4.78 is 1.96. The molecule has 0 radical (unpaired) electrons. The number of hydrogen-bond acceptors (Lipinski definition) is 3. The first-order valence-corrected chi connectivity index (χ1v) is 7.18. The van der Waals surface area contributed by atoms with E-state index in [1.165, 1.54) is 0 Å². The van der Waals surface area contributed by atoms with Gasteiger partial charge in [-0.1, -0.05) is 0 Å². The summed E-state index contributed by atoms with van der Waals surface area (Å²) >= 11 is 0. The van der Waals surface area contributed by atoms with E-state index in [9.17, 15) is 4.79 Å². The Balaban J connectivity index is 1.59. The Kier molecular flexibility index (Phi) is 4.65. The number of nitrogens with one attached hydrogen (secondary N) is 2. The normalized spacial score (nSPS) is 15.9.